The molecule has 0 spiro atoms. The summed E-state index contributed by atoms with van der Waals surface area (Å²) in [5.74, 6) is 6.10. The maximum Gasteiger partial charge on any atom is 0.407 e. The van der Waals surface area contributed by atoms with E-state index in [1.165, 1.54) is 22.3 Å². The number of carbonyl (C=O) groups is 1. The van der Waals surface area contributed by atoms with Gasteiger partial charge in [0, 0.05) is 13.0 Å². The Morgan fingerprint density at radius 1 is 1.10 bits per heavy atom. The van der Waals surface area contributed by atoms with Gasteiger partial charge in [0.2, 0.25) is 0 Å². The van der Waals surface area contributed by atoms with Crippen LogP contribution in [0.25, 0.3) is 11.1 Å². The van der Waals surface area contributed by atoms with Crippen molar-refractivity contribution < 1.29 is 9.53 Å². The second-order valence-electron chi connectivity index (χ2n) is 7.15. The molecule has 0 radical (unpaired) electrons. The summed E-state index contributed by atoms with van der Waals surface area (Å²) in [5.41, 5.74) is 7.62. The van der Waals surface area contributed by atoms with Gasteiger partial charge in [-0.1, -0.05) is 60.4 Å². The number of hydrogen-bond donors (Lipinski definition) is 1. The molecule has 0 saturated heterocycles. The Balaban J connectivity index is 1.37. The van der Waals surface area contributed by atoms with E-state index in [0.29, 0.717) is 6.61 Å². The van der Waals surface area contributed by atoms with Crippen LogP contribution in [0.1, 0.15) is 34.0 Å². The number of nitrogens with zero attached hydrogens (tertiary/aromatic N) is 2. The van der Waals surface area contributed by atoms with Crippen molar-refractivity contribution in [2.45, 2.75) is 19.8 Å². The number of alkyl carbamates (subject to hydrolysis) is 1. The molecule has 1 aliphatic rings. The zero-order valence-electron chi connectivity index (χ0n) is 16.8. The number of amides is 1. The summed E-state index contributed by atoms with van der Waals surface area (Å²) >= 11 is 0. The molecule has 0 bridgehead atoms. The van der Waals surface area contributed by atoms with E-state index in [0.717, 1.165) is 17.0 Å². The highest BCUT2D eigenvalue weighted by molar-refractivity contribution is 5.79. The Kier molecular flexibility index (Phi) is 5.09. The zero-order valence-corrected chi connectivity index (χ0v) is 16.8. The SMILES string of the molecule is Cc1nn(C)c(C)c1C#CCNC(=O)OCC1c2ccccc2-c2ccccc21. The molecule has 1 amide bonds. The Labute approximate surface area is 170 Å². The molecule has 0 saturated carbocycles. The lowest BCUT2D eigenvalue weighted by atomic mass is 9.98. The van der Waals surface area contributed by atoms with Crippen LogP contribution in [0, 0.1) is 25.7 Å². The van der Waals surface area contributed by atoms with Crippen molar-refractivity contribution in [3.05, 3.63) is 76.6 Å². The minimum Gasteiger partial charge on any atom is -0.449 e. The first-order chi connectivity index (χ1) is 14.1. The number of carbonyl (C=O) groups excluding carboxylic acids is 1. The van der Waals surface area contributed by atoms with Crippen molar-refractivity contribution in [3.8, 4) is 23.0 Å². The number of aryl methyl sites for hydroxylation is 2. The summed E-state index contributed by atoms with van der Waals surface area (Å²) in [6.45, 7) is 4.43. The van der Waals surface area contributed by atoms with Gasteiger partial charge in [-0.3, -0.25) is 4.68 Å². The molecule has 1 heterocycles. The first-order valence-electron chi connectivity index (χ1n) is 9.64. The number of benzene rings is 2. The molecule has 29 heavy (non-hydrogen) atoms. The maximum atomic E-state index is 12.2. The average Bonchev–Trinajstić information content (AvgIpc) is 3.17. The summed E-state index contributed by atoms with van der Waals surface area (Å²) in [6.07, 6.45) is -0.458. The molecule has 4 rings (SSSR count). The van der Waals surface area contributed by atoms with Crippen LogP contribution in [0.5, 0.6) is 0 Å². The summed E-state index contributed by atoms with van der Waals surface area (Å²) in [5, 5.41) is 7.05. The molecule has 0 atom stereocenters. The van der Waals surface area contributed by atoms with Crippen LogP contribution in [0.2, 0.25) is 0 Å². The zero-order chi connectivity index (χ0) is 20.4. The van der Waals surface area contributed by atoms with Crippen molar-refractivity contribution in [3.63, 3.8) is 0 Å². The Hall–Kier alpha value is -3.52. The van der Waals surface area contributed by atoms with Gasteiger partial charge in [-0.15, -0.1) is 0 Å². The lowest BCUT2D eigenvalue weighted by Crippen LogP contribution is -2.26. The predicted molar refractivity (Wildman–Crippen MR) is 113 cm³/mol. The Morgan fingerprint density at radius 2 is 1.72 bits per heavy atom. The van der Waals surface area contributed by atoms with E-state index in [1.807, 2.05) is 45.2 Å². The van der Waals surface area contributed by atoms with E-state index in [4.69, 9.17) is 4.74 Å². The van der Waals surface area contributed by atoms with Crippen molar-refractivity contribution >= 4 is 6.09 Å². The molecular formula is C24H23N3O2. The highest BCUT2D eigenvalue weighted by atomic mass is 16.5. The van der Waals surface area contributed by atoms with Gasteiger partial charge in [-0.25, -0.2) is 4.79 Å². The van der Waals surface area contributed by atoms with Gasteiger partial charge in [0.15, 0.2) is 0 Å². The third-order valence-corrected chi connectivity index (χ3v) is 5.39. The van der Waals surface area contributed by atoms with Crippen molar-refractivity contribution in [2.75, 3.05) is 13.2 Å². The van der Waals surface area contributed by atoms with E-state index >= 15 is 0 Å². The fraction of sp³-hybridized carbons (Fsp3) is 0.250. The molecule has 1 N–H and O–H groups in total. The number of hydrogen-bond acceptors (Lipinski definition) is 3. The minimum absolute atomic E-state index is 0.0555. The molecule has 3 aromatic rings. The lowest BCUT2D eigenvalue weighted by Gasteiger charge is -2.14. The first-order valence-corrected chi connectivity index (χ1v) is 9.64. The second-order valence-corrected chi connectivity index (χ2v) is 7.15. The highest BCUT2D eigenvalue weighted by Gasteiger charge is 2.28. The van der Waals surface area contributed by atoms with Crippen LogP contribution in [0.3, 0.4) is 0 Å². The van der Waals surface area contributed by atoms with Crippen LogP contribution in [-0.2, 0) is 11.8 Å². The van der Waals surface area contributed by atoms with Gasteiger partial charge in [0.25, 0.3) is 0 Å². The van der Waals surface area contributed by atoms with Gasteiger partial charge >= 0.3 is 6.09 Å². The fourth-order valence-electron chi connectivity index (χ4n) is 3.85. The Morgan fingerprint density at radius 3 is 2.31 bits per heavy atom. The molecule has 0 fully saturated rings. The van der Waals surface area contributed by atoms with Gasteiger partial charge in [-0.05, 0) is 36.1 Å². The fourth-order valence-corrected chi connectivity index (χ4v) is 3.85. The molecular weight excluding hydrogens is 362 g/mol. The van der Waals surface area contributed by atoms with Gasteiger partial charge in [0.05, 0.1) is 23.5 Å². The van der Waals surface area contributed by atoms with Crippen LogP contribution in [0.4, 0.5) is 4.79 Å². The summed E-state index contributed by atoms with van der Waals surface area (Å²) < 4.78 is 7.31. The molecule has 1 aliphatic carbocycles. The van der Waals surface area contributed by atoms with Crippen LogP contribution < -0.4 is 5.32 Å². The number of ether oxygens (including phenoxy) is 1. The quantitative estimate of drug-likeness (QED) is 0.695. The van der Waals surface area contributed by atoms with E-state index in [2.05, 4.69) is 46.5 Å². The normalized spacial score (nSPS) is 12.0. The topological polar surface area (TPSA) is 56.2 Å². The standard InChI is InChI=1S/C24H23N3O2/c1-16-18(17(2)27(3)26-16)13-8-14-25-24(28)29-15-23-21-11-6-4-9-19(21)20-10-5-7-12-22(20)23/h4-7,9-12,23H,14-15H2,1-3H3,(H,25,28). The second kappa shape index (κ2) is 7.84. The van der Waals surface area contributed by atoms with Crippen LogP contribution in [0.15, 0.2) is 48.5 Å². The summed E-state index contributed by atoms with van der Waals surface area (Å²) in [6, 6.07) is 16.6. The summed E-state index contributed by atoms with van der Waals surface area (Å²) in [4.78, 5) is 12.2. The van der Waals surface area contributed by atoms with Crippen molar-refractivity contribution in [1.82, 2.24) is 15.1 Å². The summed E-state index contributed by atoms with van der Waals surface area (Å²) in [7, 11) is 1.89. The predicted octanol–water partition coefficient (Wildman–Crippen LogP) is 3.93. The van der Waals surface area contributed by atoms with Gasteiger partial charge in [-0.2, -0.15) is 5.10 Å². The van der Waals surface area contributed by atoms with E-state index < -0.39 is 6.09 Å². The van der Waals surface area contributed by atoms with Gasteiger partial charge in [0.1, 0.15) is 6.61 Å². The number of rotatable bonds is 3. The van der Waals surface area contributed by atoms with E-state index in [-0.39, 0.29) is 12.5 Å². The third-order valence-electron chi connectivity index (χ3n) is 5.39. The van der Waals surface area contributed by atoms with E-state index in [9.17, 15) is 4.79 Å². The molecule has 0 aliphatic heterocycles. The Bertz CT molecular complexity index is 1090. The van der Waals surface area contributed by atoms with Crippen molar-refractivity contribution in [1.29, 1.82) is 0 Å². The van der Waals surface area contributed by atoms with Crippen LogP contribution >= 0.6 is 0 Å². The largest absolute Gasteiger partial charge is 0.449 e. The van der Waals surface area contributed by atoms with Crippen LogP contribution in [-0.4, -0.2) is 29.0 Å². The maximum absolute atomic E-state index is 12.2. The molecule has 5 heteroatoms. The number of fused-ring (bicyclic) bond motifs is 3. The van der Waals surface area contributed by atoms with Crippen molar-refractivity contribution in [2.24, 2.45) is 7.05 Å². The molecule has 0 unspecified atom stereocenters. The van der Waals surface area contributed by atoms with Gasteiger partial charge < -0.3 is 10.1 Å². The lowest BCUT2D eigenvalue weighted by molar-refractivity contribution is 0.144. The minimum atomic E-state index is -0.458. The monoisotopic (exact) mass is 385 g/mol. The smallest absolute Gasteiger partial charge is 0.407 e. The molecule has 146 valence electrons. The molecule has 1 aromatic heterocycles. The number of aromatic nitrogens is 2. The highest BCUT2D eigenvalue weighted by Crippen LogP contribution is 2.44. The molecule has 5 nitrogen and oxygen atoms in total. The third kappa shape index (κ3) is 3.62. The first kappa shape index (κ1) is 18.8. The average molecular weight is 385 g/mol. The molecule has 2 aromatic carbocycles. The van der Waals surface area contributed by atoms with E-state index in [1.54, 1.807) is 4.68 Å². The number of nitrogens with one attached hydrogen (secondary N) is 1.